The maximum Gasteiger partial charge on any atom is 0.252 e. The van der Waals surface area contributed by atoms with E-state index in [4.69, 9.17) is 4.74 Å². The van der Waals surface area contributed by atoms with Crippen LogP contribution in [-0.2, 0) is 4.74 Å². The van der Waals surface area contributed by atoms with Crippen molar-refractivity contribution in [1.82, 2.24) is 5.32 Å². The minimum atomic E-state index is -0.0845. The zero-order chi connectivity index (χ0) is 15.5. The molecule has 0 aliphatic carbocycles. The van der Waals surface area contributed by atoms with Crippen LogP contribution in [0.4, 0.5) is 0 Å². The van der Waals surface area contributed by atoms with E-state index in [0.29, 0.717) is 12.2 Å². The molecule has 1 aliphatic rings. The van der Waals surface area contributed by atoms with Crippen LogP contribution < -0.4 is 5.32 Å². The molecule has 1 heterocycles. The van der Waals surface area contributed by atoms with Gasteiger partial charge in [0, 0.05) is 22.0 Å². The third-order valence-corrected chi connectivity index (χ3v) is 5.28. The van der Waals surface area contributed by atoms with Gasteiger partial charge < -0.3 is 10.1 Å². The number of carbonyl (C=O) groups is 1. The number of halogens is 1. The van der Waals surface area contributed by atoms with Crippen LogP contribution in [0.5, 0.6) is 0 Å². The lowest BCUT2D eigenvalue weighted by atomic mass is 9.86. The lowest BCUT2D eigenvalue weighted by molar-refractivity contribution is -0.0917. The van der Waals surface area contributed by atoms with Gasteiger partial charge >= 0.3 is 0 Å². The Balaban J connectivity index is 2.07. The second kappa shape index (κ2) is 7.16. The first-order valence-corrected chi connectivity index (χ1v) is 8.67. The first kappa shape index (κ1) is 16.8. The van der Waals surface area contributed by atoms with E-state index in [9.17, 15) is 4.79 Å². The topological polar surface area (TPSA) is 38.3 Å². The summed E-state index contributed by atoms with van der Waals surface area (Å²) in [5.74, 6) is -0.0502. The molecule has 1 amide bonds. The highest BCUT2D eigenvalue weighted by Gasteiger charge is 2.35. The fourth-order valence-corrected chi connectivity index (χ4v) is 3.47. The first-order valence-electron chi connectivity index (χ1n) is 7.43. The summed E-state index contributed by atoms with van der Waals surface area (Å²) in [6, 6.07) is 5.66. The van der Waals surface area contributed by atoms with Gasteiger partial charge in [0.05, 0.1) is 11.2 Å². The number of carbonyl (C=O) groups excluding carboxylic acids is 1. The summed E-state index contributed by atoms with van der Waals surface area (Å²) in [4.78, 5) is 13.2. The largest absolute Gasteiger partial charge is 0.375 e. The second-order valence-corrected chi connectivity index (χ2v) is 6.94. The highest BCUT2D eigenvalue weighted by atomic mass is 79.9. The van der Waals surface area contributed by atoms with Gasteiger partial charge in [-0.1, -0.05) is 13.8 Å². The Morgan fingerprint density at radius 3 is 2.86 bits per heavy atom. The molecule has 1 atom stereocenters. The number of hydrogen-bond acceptors (Lipinski definition) is 3. The second-order valence-electron chi connectivity index (χ2n) is 5.57. The molecular weight excluding hydrogens is 350 g/mol. The summed E-state index contributed by atoms with van der Waals surface area (Å²) >= 11 is 7.73. The molecule has 1 saturated heterocycles. The smallest absolute Gasteiger partial charge is 0.252 e. The van der Waals surface area contributed by atoms with Gasteiger partial charge in [-0.15, -0.1) is 12.6 Å². The van der Waals surface area contributed by atoms with Crippen LogP contribution in [0.1, 0.15) is 49.9 Å². The molecule has 116 valence electrons. The van der Waals surface area contributed by atoms with Crippen molar-refractivity contribution in [3.63, 3.8) is 0 Å². The number of rotatable bonds is 4. The maximum absolute atomic E-state index is 12.5. The van der Waals surface area contributed by atoms with Crippen molar-refractivity contribution < 1.29 is 9.53 Å². The van der Waals surface area contributed by atoms with E-state index in [1.54, 1.807) is 6.07 Å². The van der Waals surface area contributed by atoms with Crippen LogP contribution in [0.15, 0.2) is 27.6 Å². The quantitative estimate of drug-likeness (QED) is 0.778. The fraction of sp³-hybridized carbons (Fsp3) is 0.562. The zero-order valence-corrected chi connectivity index (χ0v) is 15.0. The molecule has 3 nitrogen and oxygen atoms in total. The third kappa shape index (κ3) is 4.02. The maximum atomic E-state index is 12.5. The summed E-state index contributed by atoms with van der Waals surface area (Å²) in [5, 5.41) is 3.14. The zero-order valence-electron chi connectivity index (χ0n) is 12.5. The molecular formula is C16H22BrNO2S. The Hall–Kier alpha value is -0.520. The van der Waals surface area contributed by atoms with Crippen molar-refractivity contribution in [2.45, 2.75) is 56.1 Å². The number of ether oxygens (including phenoxy) is 1. The van der Waals surface area contributed by atoms with Gasteiger partial charge in [-0.3, -0.25) is 4.79 Å². The molecule has 1 fully saturated rings. The summed E-state index contributed by atoms with van der Waals surface area (Å²) in [7, 11) is 0. The van der Waals surface area contributed by atoms with E-state index in [-0.39, 0.29) is 17.6 Å². The van der Waals surface area contributed by atoms with Crippen LogP contribution in [0.2, 0.25) is 0 Å². The van der Waals surface area contributed by atoms with Crippen molar-refractivity contribution in [2.75, 3.05) is 6.61 Å². The Kier molecular flexibility index (Phi) is 5.74. The van der Waals surface area contributed by atoms with E-state index in [1.807, 2.05) is 12.1 Å². The van der Waals surface area contributed by atoms with Gasteiger partial charge in [-0.2, -0.15) is 0 Å². The van der Waals surface area contributed by atoms with E-state index < -0.39 is 0 Å². The molecule has 1 N–H and O–H groups in total. The predicted molar refractivity (Wildman–Crippen MR) is 91.1 cm³/mol. The minimum Gasteiger partial charge on any atom is -0.375 e. The van der Waals surface area contributed by atoms with Gasteiger partial charge in [0.15, 0.2) is 0 Å². The lowest BCUT2D eigenvalue weighted by Crippen LogP contribution is -2.48. The van der Waals surface area contributed by atoms with Crippen LogP contribution in [0.25, 0.3) is 0 Å². The Bertz CT molecular complexity index is 517. The number of hydrogen-bond donors (Lipinski definition) is 2. The molecule has 21 heavy (non-hydrogen) atoms. The first-order chi connectivity index (χ1) is 9.99. The molecule has 1 unspecified atom stereocenters. The molecule has 0 saturated carbocycles. The lowest BCUT2D eigenvalue weighted by Gasteiger charge is -2.40. The van der Waals surface area contributed by atoms with E-state index in [1.165, 1.54) is 0 Å². The van der Waals surface area contributed by atoms with Gasteiger partial charge in [0.2, 0.25) is 0 Å². The number of thiol groups is 1. The van der Waals surface area contributed by atoms with Crippen molar-refractivity contribution >= 4 is 34.5 Å². The summed E-state index contributed by atoms with van der Waals surface area (Å²) < 4.78 is 6.75. The molecule has 1 aromatic rings. The Labute approximate surface area is 140 Å². The highest BCUT2D eigenvalue weighted by molar-refractivity contribution is 9.10. The SMILES string of the molecule is CCC1(CC)CC(NC(=O)c2cc(S)ccc2Br)CCO1. The van der Waals surface area contributed by atoms with E-state index in [0.717, 1.165) is 35.1 Å². The van der Waals surface area contributed by atoms with Gasteiger partial charge in [-0.25, -0.2) is 0 Å². The van der Waals surface area contributed by atoms with Crippen molar-refractivity contribution in [3.05, 3.63) is 28.2 Å². The molecule has 0 bridgehead atoms. The Morgan fingerprint density at radius 2 is 2.19 bits per heavy atom. The summed E-state index contributed by atoms with van der Waals surface area (Å²) in [6.45, 7) is 5.00. The highest BCUT2D eigenvalue weighted by Crippen LogP contribution is 2.31. The summed E-state index contributed by atoms with van der Waals surface area (Å²) in [6.07, 6.45) is 3.70. The van der Waals surface area contributed by atoms with Gasteiger partial charge in [0.25, 0.3) is 5.91 Å². The average Bonchev–Trinajstić information content (AvgIpc) is 2.49. The molecule has 2 rings (SSSR count). The normalized spacial score (nSPS) is 21.0. The number of amides is 1. The fourth-order valence-electron chi connectivity index (χ4n) is 2.84. The minimum absolute atomic E-state index is 0.0502. The average molecular weight is 372 g/mol. The van der Waals surface area contributed by atoms with Crippen molar-refractivity contribution in [2.24, 2.45) is 0 Å². The molecule has 5 heteroatoms. The van der Waals surface area contributed by atoms with Crippen LogP contribution in [0.3, 0.4) is 0 Å². The van der Waals surface area contributed by atoms with E-state index in [2.05, 4.69) is 47.7 Å². The van der Waals surface area contributed by atoms with Crippen LogP contribution in [0, 0.1) is 0 Å². The molecule has 0 radical (unpaired) electrons. The molecule has 0 spiro atoms. The van der Waals surface area contributed by atoms with Crippen molar-refractivity contribution in [3.8, 4) is 0 Å². The third-order valence-electron chi connectivity index (χ3n) is 4.31. The van der Waals surface area contributed by atoms with E-state index >= 15 is 0 Å². The van der Waals surface area contributed by atoms with Crippen molar-refractivity contribution in [1.29, 1.82) is 0 Å². The summed E-state index contributed by atoms with van der Waals surface area (Å²) in [5.41, 5.74) is 0.548. The monoisotopic (exact) mass is 371 g/mol. The van der Waals surface area contributed by atoms with Crippen LogP contribution >= 0.6 is 28.6 Å². The Morgan fingerprint density at radius 1 is 1.48 bits per heavy atom. The standard InChI is InChI=1S/C16H22BrNO2S/c1-3-16(4-2)10-11(7-8-20-16)18-15(19)13-9-12(21)5-6-14(13)17/h5-6,9,11,21H,3-4,7-8,10H2,1-2H3,(H,18,19). The van der Waals surface area contributed by atoms with Gasteiger partial charge in [-0.05, 0) is 59.8 Å². The number of nitrogens with one attached hydrogen (secondary N) is 1. The van der Waals surface area contributed by atoms with Crippen LogP contribution in [-0.4, -0.2) is 24.2 Å². The molecule has 1 aliphatic heterocycles. The molecule has 1 aromatic carbocycles. The predicted octanol–water partition coefficient (Wildman–Crippen LogP) is 4.21. The molecule has 0 aromatic heterocycles. The van der Waals surface area contributed by atoms with Gasteiger partial charge in [0.1, 0.15) is 0 Å². The number of benzene rings is 1.